The van der Waals surface area contributed by atoms with Crippen molar-refractivity contribution in [1.82, 2.24) is 0 Å². The zero-order valence-electron chi connectivity index (χ0n) is 31.5. The topological polar surface area (TPSA) is 59.7 Å². The molecular weight excluding hydrogens is 791 g/mol. The van der Waals surface area contributed by atoms with Gasteiger partial charge in [0.05, 0.1) is 0 Å². The molecule has 49 heavy (non-hydrogen) atoms. The minimum Gasteiger partial charge on any atom is -0.0767 e. The van der Waals surface area contributed by atoms with Crippen molar-refractivity contribution in [2.75, 3.05) is 0 Å². The van der Waals surface area contributed by atoms with Gasteiger partial charge in [0.2, 0.25) is 0 Å². The van der Waals surface area contributed by atoms with Gasteiger partial charge in [0.15, 0.2) is 0 Å². The summed E-state index contributed by atoms with van der Waals surface area (Å²) < 4.78 is 24.0. The second-order valence-corrected chi connectivity index (χ2v) is 15.2. The molecule has 0 saturated carbocycles. The van der Waals surface area contributed by atoms with Crippen molar-refractivity contribution in [3.8, 4) is 22.3 Å². The van der Waals surface area contributed by atoms with Crippen molar-refractivity contribution in [2.24, 2.45) is 0 Å². The first-order valence-electron chi connectivity index (χ1n) is 16.7. The van der Waals surface area contributed by atoms with Crippen molar-refractivity contribution in [1.29, 1.82) is 0 Å². The first-order valence-corrected chi connectivity index (χ1v) is 18.2. The zero-order valence-corrected chi connectivity index (χ0v) is 36.4. The summed E-state index contributed by atoms with van der Waals surface area (Å²) in [7, 11) is 0. The third-order valence-corrected chi connectivity index (χ3v) is 9.96. The average molecular weight is 846 g/mol. The Balaban J connectivity index is 0. The van der Waals surface area contributed by atoms with E-state index in [1.165, 1.54) is 81.7 Å². The molecule has 0 aliphatic heterocycles. The van der Waals surface area contributed by atoms with Crippen LogP contribution >= 0.6 is 0 Å². The van der Waals surface area contributed by atoms with Crippen LogP contribution in [-0.4, -0.2) is 22.5 Å². The Hall–Kier alpha value is -2.15. The fraction of sp³-hybridized carbons (Fsp3) is 0.409. The Morgan fingerprint density at radius 1 is 0.449 bits per heavy atom. The smallest absolute Gasteiger partial charge is 0.00506 e. The maximum absolute atomic E-state index is 7.50. The van der Waals surface area contributed by atoms with Crippen LogP contribution in [0.5, 0.6) is 0 Å². The number of benzene rings is 3. The van der Waals surface area contributed by atoms with Gasteiger partial charge in [-0.1, -0.05) is 24.3 Å². The molecule has 0 N–H and O–H groups in total. The fourth-order valence-electron chi connectivity index (χ4n) is 5.82. The molecule has 4 rings (SSSR count). The molecule has 0 bridgehead atoms. The summed E-state index contributed by atoms with van der Waals surface area (Å²) in [5.74, 6) is 2.98. The van der Waals surface area contributed by atoms with Gasteiger partial charge in [0.25, 0.3) is 0 Å². The van der Waals surface area contributed by atoms with E-state index in [0.29, 0.717) is 35.5 Å². The summed E-state index contributed by atoms with van der Waals surface area (Å²) in [6, 6.07) is 17.1. The van der Waals surface area contributed by atoms with Crippen molar-refractivity contribution in [3.63, 3.8) is 0 Å². The molecule has 3 nitrogen and oxygen atoms in total. The van der Waals surface area contributed by atoms with Crippen LogP contribution in [0.25, 0.3) is 22.3 Å². The third-order valence-electron chi connectivity index (χ3n) is 8.42. The molecule has 4 radical (unpaired) electrons. The molecule has 0 unspecified atom stereocenters. The number of rotatable bonds is 8. The second-order valence-electron chi connectivity index (χ2n) is 13.8. The van der Waals surface area contributed by atoms with Gasteiger partial charge in [-0.15, -0.1) is 0 Å². The molecule has 0 heterocycles. The van der Waals surface area contributed by atoms with Gasteiger partial charge >= 0.3 is 277 Å². The summed E-state index contributed by atoms with van der Waals surface area (Å²) in [5, 5.41) is 0. The van der Waals surface area contributed by atoms with E-state index >= 15 is 0 Å². The zero-order chi connectivity index (χ0) is 37.3. The largest absolute Gasteiger partial charge is 0.0767 e. The van der Waals surface area contributed by atoms with Gasteiger partial charge in [-0.2, -0.15) is 0 Å². The van der Waals surface area contributed by atoms with Crippen LogP contribution in [0.1, 0.15) is 152 Å². The molecule has 0 saturated heterocycles. The van der Waals surface area contributed by atoms with Crippen molar-refractivity contribution in [2.45, 2.75) is 119 Å². The molecule has 0 atom stereocenters. The van der Waals surface area contributed by atoms with Gasteiger partial charge in [0.1, 0.15) is 0 Å². The van der Waals surface area contributed by atoms with Crippen molar-refractivity contribution >= 4 is 26.1 Å². The Bertz CT molecular complexity index is 1390. The summed E-state index contributed by atoms with van der Waals surface area (Å²) in [6.07, 6.45) is 10.0. The molecule has 1 aliphatic rings. The van der Waals surface area contributed by atoms with Crippen LogP contribution in [-0.2, 0) is 35.0 Å². The number of allylic oxidation sites excluding steroid dienone is 4. The summed E-state index contributed by atoms with van der Waals surface area (Å²) in [6.45, 7) is 41.7. The van der Waals surface area contributed by atoms with Crippen LogP contribution in [0.15, 0.2) is 66.8 Å². The van der Waals surface area contributed by atoms with Crippen LogP contribution in [0.3, 0.4) is 0 Å². The van der Waals surface area contributed by atoms with E-state index in [1.54, 1.807) is 0 Å². The molecule has 0 amide bonds. The van der Waals surface area contributed by atoms with E-state index in [0.717, 1.165) is 0 Å². The standard InChI is InChI=1S/C36H49.C5H5.3CO.Mo.Sn/c1-21(2)29-17-31(23(5)6)35(32(18-29)24(7)8)27-14-13-15-28(16-27)36-33(25(9)10)19-30(22(3)4)20-34(36)26(11)12;1-2-4-5-3-1;3*1-2;;/h13-15,17-26H,1-12H3;1-5H;;;;;. The van der Waals surface area contributed by atoms with Crippen LogP contribution in [0.2, 0.25) is 0 Å². The first kappa shape index (κ1) is 49.0. The number of hydrogen-bond donors (Lipinski definition) is 0. The molecular formula is C44H54MoO3Sn. The molecule has 5 heteroatoms. The predicted molar refractivity (Wildman–Crippen MR) is 202 cm³/mol. The molecule has 258 valence electrons. The van der Waals surface area contributed by atoms with Gasteiger partial charge in [-0.05, 0) is 0 Å². The number of hydrogen-bond acceptors (Lipinski definition) is 0. The van der Waals surface area contributed by atoms with Gasteiger partial charge in [-0.25, -0.2) is 0 Å². The van der Waals surface area contributed by atoms with Gasteiger partial charge in [-0.3, -0.25) is 0 Å². The van der Waals surface area contributed by atoms with Crippen molar-refractivity contribution in [3.05, 3.63) is 127 Å². The quantitative estimate of drug-likeness (QED) is 0.123. The SMILES string of the molecule is CC(C)c1cc(C(C)C)c(-c2cccc(-c3c(C(C)C)cc(C(C)C)cc3C(C)C)[c]2[Sn])c(C(C)C)c1.[C-]#[O+].[C-]#[O+].[C-]#[O+].[CH]1C=CC=C1.[Mo]. The summed E-state index contributed by atoms with van der Waals surface area (Å²) in [5.41, 5.74) is 14.8. The predicted octanol–water partition coefficient (Wildman–Crippen LogP) is 11.8. The van der Waals surface area contributed by atoms with E-state index < -0.39 is 0 Å². The molecule has 0 spiro atoms. The normalized spacial score (nSPS) is 11.2. The van der Waals surface area contributed by atoms with Crippen LogP contribution < -0.4 is 3.58 Å². The molecule has 0 fully saturated rings. The van der Waals surface area contributed by atoms with E-state index in [2.05, 4.69) is 146 Å². The molecule has 3 aromatic rings. The van der Waals surface area contributed by atoms with E-state index in [-0.39, 0.29) is 21.1 Å². The van der Waals surface area contributed by atoms with E-state index in [9.17, 15) is 0 Å². The average Bonchev–Trinajstić information content (AvgIpc) is 3.67. The molecule has 1 aliphatic carbocycles. The van der Waals surface area contributed by atoms with Crippen LogP contribution in [0, 0.1) is 26.4 Å². The second kappa shape index (κ2) is 24.9. The minimum atomic E-state index is 0. The van der Waals surface area contributed by atoms with Gasteiger partial charge < -0.3 is 0 Å². The summed E-state index contributed by atoms with van der Waals surface area (Å²) >= 11 is 1.49. The third kappa shape index (κ3) is 13.5. The minimum absolute atomic E-state index is 0. The van der Waals surface area contributed by atoms with Crippen LogP contribution in [0.4, 0.5) is 0 Å². The Morgan fingerprint density at radius 3 is 0.898 bits per heavy atom. The van der Waals surface area contributed by atoms with E-state index in [1.807, 2.05) is 30.7 Å². The Morgan fingerprint density at radius 2 is 0.714 bits per heavy atom. The maximum Gasteiger partial charge on any atom is 0.00506 e. The van der Waals surface area contributed by atoms with Crippen molar-refractivity contribution < 1.29 is 35.0 Å². The Labute approximate surface area is 326 Å². The Kier molecular flexibility index (Phi) is 24.9. The van der Waals surface area contributed by atoms with Gasteiger partial charge in [0, 0.05) is 27.5 Å². The fourth-order valence-corrected chi connectivity index (χ4v) is 7.01. The molecule has 0 aromatic heterocycles. The monoisotopic (exact) mass is 848 g/mol. The van der Waals surface area contributed by atoms with E-state index in [4.69, 9.17) is 14.0 Å². The first-order chi connectivity index (χ1) is 22.8. The maximum atomic E-state index is 7.50. The summed E-state index contributed by atoms with van der Waals surface area (Å²) in [4.78, 5) is 0. The molecule has 3 aromatic carbocycles.